The van der Waals surface area contributed by atoms with Crippen LogP contribution in [0.25, 0.3) is 34.1 Å². The first-order chi connectivity index (χ1) is 12.3. The molecule has 4 heterocycles. The highest BCUT2D eigenvalue weighted by Gasteiger charge is 2.20. The molecule has 0 aliphatic carbocycles. The van der Waals surface area contributed by atoms with Gasteiger partial charge in [0.2, 0.25) is 12.6 Å². The standard InChI is InChI=1S/C16H12N6O3/c1-22-7-10(5-18-22)15-19-16(25-21-15)11-6-17-20-14(11)9-2-3-12-13(4-9)24-8-23-12/h2-7H,8H2,1H3,(H,17,20). The summed E-state index contributed by atoms with van der Waals surface area (Å²) in [4.78, 5) is 4.45. The fourth-order valence-electron chi connectivity index (χ4n) is 2.71. The van der Waals surface area contributed by atoms with Crippen molar-refractivity contribution in [3.8, 4) is 45.6 Å². The lowest BCUT2D eigenvalue weighted by Gasteiger charge is -2.02. The number of fused-ring (bicyclic) bond motifs is 1. The largest absolute Gasteiger partial charge is 0.454 e. The molecule has 0 unspecified atom stereocenters. The molecule has 0 spiro atoms. The number of H-pyrrole nitrogens is 1. The van der Waals surface area contributed by atoms with Crippen molar-refractivity contribution in [2.45, 2.75) is 0 Å². The first-order valence-electron chi connectivity index (χ1n) is 7.54. The quantitative estimate of drug-likeness (QED) is 0.612. The zero-order valence-electron chi connectivity index (χ0n) is 13.1. The van der Waals surface area contributed by atoms with Crippen molar-refractivity contribution in [1.29, 1.82) is 0 Å². The van der Waals surface area contributed by atoms with Crippen LogP contribution in [0, 0.1) is 0 Å². The summed E-state index contributed by atoms with van der Waals surface area (Å²) in [5, 5.41) is 15.2. The Morgan fingerprint density at radius 3 is 2.92 bits per heavy atom. The lowest BCUT2D eigenvalue weighted by atomic mass is 10.1. The highest BCUT2D eigenvalue weighted by Crippen LogP contribution is 2.38. The molecule has 0 atom stereocenters. The summed E-state index contributed by atoms with van der Waals surface area (Å²) in [7, 11) is 1.83. The Morgan fingerprint density at radius 2 is 2.04 bits per heavy atom. The van der Waals surface area contributed by atoms with Crippen LogP contribution in [0.5, 0.6) is 11.5 Å². The third-order valence-corrected chi connectivity index (χ3v) is 3.92. The maximum atomic E-state index is 5.43. The number of aromatic amines is 1. The van der Waals surface area contributed by atoms with Gasteiger partial charge in [0.25, 0.3) is 5.89 Å². The van der Waals surface area contributed by atoms with Gasteiger partial charge in [-0.3, -0.25) is 9.78 Å². The minimum Gasteiger partial charge on any atom is -0.454 e. The number of rotatable bonds is 3. The summed E-state index contributed by atoms with van der Waals surface area (Å²) in [6.45, 7) is 0.229. The average molecular weight is 336 g/mol. The van der Waals surface area contributed by atoms with Crippen LogP contribution in [0.2, 0.25) is 0 Å². The molecule has 124 valence electrons. The van der Waals surface area contributed by atoms with Crippen molar-refractivity contribution < 1.29 is 14.0 Å². The van der Waals surface area contributed by atoms with E-state index in [4.69, 9.17) is 14.0 Å². The number of benzene rings is 1. The number of hydrogen-bond acceptors (Lipinski definition) is 7. The molecule has 1 aliphatic heterocycles. The number of ether oxygens (including phenoxy) is 2. The van der Waals surface area contributed by atoms with Gasteiger partial charge < -0.3 is 14.0 Å². The van der Waals surface area contributed by atoms with Crippen LogP contribution < -0.4 is 9.47 Å². The number of nitrogens with one attached hydrogen (secondary N) is 1. The molecule has 25 heavy (non-hydrogen) atoms. The van der Waals surface area contributed by atoms with Gasteiger partial charge in [0, 0.05) is 18.8 Å². The van der Waals surface area contributed by atoms with Crippen LogP contribution in [-0.2, 0) is 7.05 Å². The van der Waals surface area contributed by atoms with E-state index in [2.05, 4.69) is 25.4 Å². The highest BCUT2D eigenvalue weighted by atomic mass is 16.7. The Morgan fingerprint density at radius 1 is 1.12 bits per heavy atom. The molecule has 5 rings (SSSR count). The zero-order chi connectivity index (χ0) is 16.8. The molecule has 0 radical (unpaired) electrons. The number of hydrogen-bond donors (Lipinski definition) is 1. The van der Waals surface area contributed by atoms with E-state index in [1.807, 2.05) is 31.4 Å². The molecule has 1 N–H and O–H groups in total. The van der Waals surface area contributed by atoms with Gasteiger partial charge in [-0.25, -0.2) is 0 Å². The maximum Gasteiger partial charge on any atom is 0.262 e. The summed E-state index contributed by atoms with van der Waals surface area (Å²) in [6.07, 6.45) is 5.16. The van der Waals surface area contributed by atoms with Gasteiger partial charge in [-0.15, -0.1) is 0 Å². The van der Waals surface area contributed by atoms with E-state index in [0.29, 0.717) is 23.0 Å². The second-order valence-corrected chi connectivity index (χ2v) is 5.55. The summed E-state index contributed by atoms with van der Waals surface area (Å²) in [6, 6.07) is 5.66. The second kappa shape index (κ2) is 5.20. The van der Waals surface area contributed by atoms with E-state index in [9.17, 15) is 0 Å². The van der Waals surface area contributed by atoms with E-state index >= 15 is 0 Å². The van der Waals surface area contributed by atoms with Crippen LogP contribution >= 0.6 is 0 Å². The lowest BCUT2D eigenvalue weighted by Crippen LogP contribution is -1.92. The fraction of sp³-hybridized carbons (Fsp3) is 0.125. The molecule has 9 heteroatoms. The van der Waals surface area contributed by atoms with E-state index in [1.54, 1.807) is 17.1 Å². The van der Waals surface area contributed by atoms with Crippen LogP contribution in [0.15, 0.2) is 41.3 Å². The molecule has 0 bridgehead atoms. The first kappa shape index (κ1) is 13.8. The molecule has 0 saturated heterocycles. The maximum absolute atomic E-state index is 5.43. The Hall–Kier alpha value is -3.62. The third-order valence-electron chi connectivity index (χ3n) is 3.92. The zero-order valence-corrected chi connectivity index (χ0v) is 13.1. The lowest BCUT2D eigenvalue weighted by molar-refractivity contribution is 0.174. The van der Waals surface area contributed by atoms with Crippen LogP contribution in [0.4, 0.5) is 0 Å². The number of aryl methyl sites for hydroxylation is 1. The molecule has 9 nitrogen and oxygen atoms in total. The smallest absolute Gasteiger partial charge is 0.262 e. The van der Waals surface area contributed by atoms with Crippen LogP contribution in [0.1, 0.15) is 0 Å². The third kappa shape index (κ3) is 2.24. The van der Waals surface area contributed by atoms with Gasteiger partial charge in [-0.2, -0.15) is 15.2 Å². The molecule has 1 aliphatic rings. The summed E-state index contributed by atoms with van der Waals surface area (Å²) >= 11 is 0. The minimum absolute atomic E-state index is 0.229. The van der Waals surface area contributed by atoms with Crippen molar-refractivity contribution >= 4 is 0 Å². The van der Waals surface area contributed by atoms with Crippen molar-refractivity contribution in [3.05, 3.63) is 36.8 Å². The number of nitrogens with zero attached hydrogens (tertiary/aromatic N) is 5. The Labute approximate surface area is 141 Å². The van der Waals surface area contributed by atoms with Crippen molar-refractivity contribution in [3.63, 3.8) is 0 Å². The molecular weight excluding hydrogens is 324 g/mol. The Kier molecular flexibility index (Phi) is 2.87. The summed E-state index contributed by atoms with van der Waals surface area (Å²) in [5.74, 6) is 2.27. The van der Waals surface area contributed by atoms with E-state index in [0.717, 1.165) is 22.6 Å². The van der Waals surface area contributed by atoms with E-state index < -0.39 is 0 Å². The van der Waals surface area contributed by atoms with Gasteiger partial charge in [0.1, 0.15) is 0 Å². The van der Waals surface area contributed by atoms with Gasteiger partial charge in [0.05, 0.1) is 29.2 Å². The second-order valence-electron chi connectivity index (χ2n) is 5.55. The van der Waals surface area contributed by atoms with Gasteiger partial charge >= 0.3 is 0 Å². The van der Waals surface area contributed by atoms with Gasteiger partial charge in [-0.05, 0) is 18.2 Å². The summed E-state index contributed by atoms with van der Waals surface area (Å²) < 4.78 is 17.9. The highest BCUT2D eigenvalue weighted by molar-refractivity contribution is 5.78. The minimum atomic E-state index is 0.229. The van der Waals surface area contributed by atoms with Crippen molar-refractivity contribution in [1.82, 2.24) is 30.1 Å². The molecule has 4 aromatic rings. The predicted molar refractivity (Wildman–Crippen MR) is 85.6 cm³/mol. The van der Waals surface area contributed by atoms with Crippen molar-refractivity contribution in [2.75, 3.05) is 6.79 Å². The molecule has 0 amide bonds. The normalized spacial score (nSPS) is 12.7. The summed E-state index contributed by atoms with van der Waals surface area (Å²) in [5.41, 5.74) is 3.14. The van der Waals surface area contributed by atoms with E-state index in [1.165, 1.54) is 0 Å². The van der Waals surface area contributed by atoms with Crippen molar-refractivity contribution in [2.24, 2.45) is 7.05 Å². The molecule has 3 aromatic heterocycles. The Bertz CT molecular complexity index is 1060. The Balaban J connectivity index is 1.54. The van der Waals surface area contributed by atoms with E-state index in [-0.39, 0.29) is 6.79 Å². The average Bonchev–Trinajstić information content (AvgIpc) is 3.39. The molecule has 0 saturated carbocycles. The fourth-order valence-corrected chi connectivity index (χ4v) is 2.71. The number of aromatic nitrogens is 6. The molecule has 1 aromatic carbocycles. The van der Waals surface area contributed by atoms with Crippen LogP contribution in [0.3, 0.4) is 0 Å². The molecule has 0 fully saturated rings. The van der Waals surface area contributed by atoms with Gasteiger partial charge in [0.15, 0.2) is 11.5 Å². The monoisotopic (exact) mass is 336 g/mol. The van der Waals surface area contributed by atoms with Crippen LogP contribution in [-0.4, -0.2) is 36.9 Å². The SMILES string of the molecule is Cn1cc(-c2noc(-c3cn[nH]c3-c3ccc4c(c3)OCO4)n2)cn1. The predicted octanol–water partition coefficient (Wildman–Crippen LogP) is 2.26. The molecular formula is C16H12N6O3. The first-order valence-corrected chi connectivity index (χ1v) is 7.54. The topological polar surface area (TPSA) is 104 Å². The van der Waals surface area contributed by atoms with Gasteiger partial charge in [-0.1, -0.05) is 5.16 Å².